The summed E-state index contributed by atoms with van der Waals surface area (Å²) in [6, 6.07) is 7.83. The van der Waals surface area contributed by atoms with Crippen molar-refractivity contribution in [3.63, 3.8) is 0 Å². The summed E-state index contributed by atoms with van der Waals surface area (Å²) in [5.74, 6) is -0.651. The summed E-state index contributed by atoms with van der Waals surface area (Å²) in [5, 5.41) is 2.37. The van der Waals surface area contributed by atoms with E-state index in [2.05, 4.69) is 4.98 Å². The van der Waals surface area contributed by atoms with Crippen molar-refractivity contribution in [2.75, 3.05) is 22.9 Å². The van der Waals surface area contributed by atoms with Gasteiger partial charge in [0.05, 0.1) is 12.1 Å². The summed E-state index contributed by atoms with van der Waals surface area (Å²) in [6.07, 6.45) is 2.31. The molecule has 2 aromatic rings. The number of anilines is 2. The van der Waals surface area contributed by atoms with Gasteiger partial charge in [0.15, 0.2) is 11.2 Å². The van der Waals surface area contributed by atoms with Gasteiger partial charge in [-0.1, -0.05) is 18.2 Å². The molecule has 8 heteroatoms. The third kappa shape index (κ3) is 4.17. The lowest BCUT2D eigenvalue weighted by atomic mass is 10.0. The van der Waals surface area contributed by atoms with Crippen LogP contribution >= 0.6 is 11.3 Å². The highest BCUT2D eigenvalue weighted by Crippen LogP contribution is 2.28. The Balaban J connectivity index is 1.36. The Labute approximate surface area is 173 Å². The van der Waals surface area contributed by atoms with Crippen LogP contribution in [-0.2, 0) is 32.0 Å². The normalized spacial score (nSPS) is 17.2. The van der Waals surface area contributed by atoms with Crippen LogP contribution in [-0.4, -0.2) is 42.0 Å². The van der Waals surface area contributed by atoms with Crippen molar-refractivity contribution < 1.29 is 19.1 Å². The number of hydrogen-bond donors (Lipinski definition) is 0. The van der Waals surface area contributed by atoms with Crippen LogP contribution in [0.25, 0.3) is 0 Å². The number of amides is 2. The maximum Gasteiger partial charge on any atom is 0.312 e. The number of thiazole rings is 1. The lowest BCUT2D eigenvalue weighted by molar-refractivity contribution is -0.153. The van der Waals surface area contributed by atoms with Gasteiger partial charge < -0.3 is 9.64 Å². The minimum atomic E-state index is -0.869. The number of carbonyl (C=O) groups excluding carboxylic acids is 3. The molecule has 4 rings (SSSR count). The standard InChI is InChI=1S/C21H23N3O4S/c1-14(20(27)23-10-4-7-15-6-2-3-8-17(15)23)28-19(26)12-16-13-29-21(22-16)24-11-5-9-18(24)25/h2-3,6,8,13-14H,4-5,7,9-12H2,1H3. The van der Waals surface area contributed by atoms with Gasteiger partial charge in [-0.25, -0.2) is 4.98 Å². The molecule has 1 atom stereocenters. The lowest BCUT2D eigenvalue weighted by Gasteiger charge is -2.31. The van der Waals surface area contributed by atoms with Crippen molar-refractivity contribution in [2.24, 2.45) is 0 Å². The van der Waals surface area contributed by atoms with E-state index >= 15 is 0 Å². The minimum Gasteiger partial charge on any atom is -0.452 e. The summed E-state index contributed by atoms with van der Waals surface area (Å²) in [7, 11) is 0. The van der Waals surface area contributed by atoms with Crippen LogP contribution < -0.4 is 9.80 Å². The van der Waals surface area contributed by atoms with Crippen LogP contribution in [0.1, 0.15) is 37.4 Å². The highest BCUT2D eigenvalue weighted by atomic mass is 32.1. The second-order valence-corrected chi connectivity index (χ2v) is 8.14. The second-order valence-electron chi connectivity index (χ2n) is 7.30. The Bertz CT molecular complexity index is 942. The predicted octanol–water partition coefficient (Wildman–Crippen LogP) is 2.72. The Hall–Kier alpha value is -2.74. The van der Waals surface area contributed by atoms with Crippen LogP contribution in [0.15, 0.2) is 29.6 Å². The van der Waals surface area contributed by atoms with Crippen LogP contribution in [0, 0.1) is 0 Å². The molecule has 0 bridgehead atoms. The van der Waals surface area contributed by atoms with Gasteiger partial charge in [-0.15, -0.1) is 11.3 Å². The number of fused-ring (bicyclic) bond motifs is 1. The van der Waals surface area contributed by atoms with E-state index in [0.29, 0.717) is 30.3 Å². The largest absolute Gasteiger partial charge is 0.452 e. The number of carbonyl (C=O) groups is 3. The van der Waals surface area contributed by atoms with Crippen molar-refractivity contribution in [2.45, 2.75) is 45.1 Å². The molecule has 7 nitrogen and oxygen atoms in total. The van der Waals surface area contributed by atoms with Gasteiger partial charge >= 0.3 is 5.97 Å². The van der Waals surface area contributed by atoms with Crippen molar-refractivity contribution >= 4 is 39.9 Å². The van der Waals surface area contributed by atoms with E-state index in [4.69, 9.17) is 4.74 Å². The number of benzene rings is 1. The van der Waals surface area contributed by atoms with Gasteiger partial charge in [0.25, 0.3) is 5.91 Å². The molecular formula is C21H23N3O4S. The molecule has 0 N–H and O–H groups in total. The molecule has 0 aliphatic carbocycles. The predicted molar refractivity (Wildman–Crippen MR) is 110 cm³/mol. The van der Waals surface area contributed by atoms with Crippen LogP contribution in [0.2, 0.25) is 0 Å². The van der Waals surface area contributed by atoms with E-state index in [-0.39, 0.29) is 18.2 Å². The summed E-state index contributed by atoms with van der Waals surface area (Å²) in [4.78, 5) is 44.8. The molecule has 0 spiro atoms. The molecule has 1 saturated heterocycles. The second kappa shape index (κ2) is 8.32. The molecule has 152 valence electrons. The number of esters is 1. The molecule has 1 aromatic heterocycles. The van der Waals surface area contributed by atoms with E-state index < -0.39 is 12.1 Å². The fourth-order valence-corrected chi connectivity index (χ4v) is 4.64. The van der Waals surface area contributed by atoms with Crippen molar-refractivity contribution in [3.8, 4) is 0 Å². The van der Waals surface area contributed by atoms with Gasteiger partial charge in [0, 0.05) is 30.6 Å². The average Bonchev–Trinajstić information content (AvgIpc) is 3.35. The number of rotatable bonds is 5. The van der Waals surface area contributed by atoms with Gasteiger partial charge in [0.1, 0.15) is 0 Å². The SMILES string of the molecule is CC(OC(=O)Cc1csc(N2CCCC2=O)n1)C(=O)N1CCCc2ccccc21. The first kappa shape index (κ1) is 19.6. The van der Waals surface area contributed by atoms with Crippen LogP contribution in [0.5, 0.6) is 0 Å². The monoisotopic (exact) mass is 413 g/mol. The fraction of sp³-hybridized carbons (Fsp3) is 0.429. The number of ether oxygens (including phenoxy) is 1. The number of nitrogens with zero attached hydrogens (tertiary/aromatic N) is 3. The molecule has 2 aliphatic heterocycles. The maximum atomic E-state index is 12.9. The van der Waals surface area contributed by atoms with Gasteiger partial charge in [-0.3, -0.25) is 19.3 Å². The first-order valence-corrected chi connectivity index (χ1v) is 10.7. The van der Waals surface area contributed by atoms with Crippen LogP contribution in [0.4, 0.5) is 10.8 Å². The summed E-state index contributed by atoms with van der Waals surface area (Å²) in [6.45, 7) is 2.89. The van der Waals surface area contributed by atoms with E-state index in [9.17, 15) is 14.4 Å². The quantitative estimate of drug-likeness (QED) is 0.704. The third-order valence-corrected chi connectivity index (χ3v) is 6.11. The molecule has 0 radical (unpaired) electrons. The first-order valence-electron chi connectivity index (χ1n) is 9.86. The number of aromatic nitrogens is 1. The molecule has 29 heavy (non-hydrogen) atoms. The Morgan fingerprint density at radius 3 is 2.79 bits per heavy atom. The molecule has 1 fully saturated rings. The number of para-hydroxylation sites is 1. The molecule has 1 aromatic carbocycles. The zero-order valence-electron chi connectivity index (χ0n) is 16.3. The lowest BCUT2D eigenvalue weighted by Crippen LogP contribution is -2.42. The highest BCUT2D eigenvalue weighted by Gasteiger charge is 2.29. The molecule has 0 saturated carbocycles. The van der Waals surface area contributed by atoms with Gasteiger partial charge in [-0.2, -0.15) is 0 Å². The Morgan fingerprint density at radius 2 is 2.00 bits per heavy atom. The first-order chi connectivity index (χ1) is 14.0. The number of aryl methyl sites for hydroxylation is 1. The summed E-state index contributed by atoms with van der Waals surface area (Å²) < 4.78 is 5.39. The maximum absolute atomic E-state index is 12.9. The third-order valence-electron chi connectivity index (χ3n) is 5.20. The molecular weight excluding hydrogens is 390 g/mol. The van der Waals surface area contributed by atoms with Crippen LogP contribution in [0.3, 0.4) is 0 Å². The number of hydrogen-bond acceptors (Lipinski definition) is 6. The van der Waals surface area contributed by atoms with Gasteiger partial charge in [0.2, 0.25) is 5.91 Å². The van der Waals surface area contributed by atoms with E-state index in [1.165, 1.54) is 11.3 Å². The molecule has 2 amide bonds. The molecule has 3 heterocycles. The smallest absolute Gasteiger partial charge is 0.312 e. The van der Waals surface area contributed by atoms with Crippen molar-refractivity contribution in [1.82, 2.24) is 4.98 Å². The summed E-state index contributed by atoms with van der Waals surface area (Å²) in [5.41, 5.74) is 2.58. The average molecular weight is 413 g/mol. The van der Waals surface area contributed by atoms with Crippen molar-refractivity contribution in [3.05, 3.63) is 40.9 Å². The Morgan fingerprint density at radius 1 is 1.21 bits per heavy atom. The zero-order valence-corrected chi connectivity index (χ0v) is 17.1. The van der Waals surface area contributed by atoms with Crippen molar-refractivity contribution in [1.29, 1.82) is 0 Å². The summed E-state index contributed by atoms with van der Waals surface area (Å²) >= 11 is 1.34. The van der Waals surface area contributed by atoms with E-state index in [1.54, 1.807) is 22.1 Å². The molecule has 1 unspecified atom stereocenters. The fourth-order valence-electron chi connectivity index (χ4n) is 3.77. The van der Waals surface area contributed by atoms with E-state index in [1.807, 2.05) is 24.3 Å². The molecule has 2 aliphatic rings. The highest BCUT2D eigenvalue weighted by molar-refractivity contribution is 7.14. The Kier molecular flexibility index (Phi) is 5.62. The zero-order chi connectivity index (χ0) is 20.4. The van der Waals surface area contributed by atoms with E-state index in [0.717, 1.165) is 30.5 Å². The topological polar surface area (TPSA) is 79.8 Å². The van der Waals surface area contributed by atoms with Gasteiger partial charge in [-0.05, 0) is 37.8 Å². The minimum absolute atomic E-state index is 0.0211.